The predicted octanol–water partition coefficient (Wildman–Crippen LogP) is 2.80. The average molecular weight is 256 g/mol. The molecule has 2 rings (SSSR count). The van der Waals surface area contributed by atoms with Crippen molar-refractivity contribution < 1.29 is 9.90 Å². The Hall–Kier alpha value is -2.32. The van der Waals surface area contributed by atoms with Gasteiger partial charge in [0.15, 0.2) is 0 Å². The van der Waals surface area contributed by atoms with Gasteiger partial charge < -0.3 is 5.11 Å². The molecular weight excluding hydrogens is 248 g/mol. The fraction of sp³-hybridized carbons (Fsp3) is 0. The van der Waals surface area contributed by atoms with Crippen molar-refractivity contribution in [3.63, 3.8) is 0 Å². The van der Waals surface area contributed by atoms with Gasteiger partial charge in [-0.1, -0.05) is 23.9 Å². The summed E-state index contributed by atoms with van der Waals surface area (Å²) in [4.78, 5) is 15.8. The van der Waals surface area contributed by atoms with Gasteiger partial charge in [-0.25, -0.2) is 9.78 Å². The van der Waals surface area contributed by atoms with E-state index in [1.165, 1.54) is 18.0 Å². The minimum atomic E-state index is -0.977. The summed E-state index contributed by atoms with van der Waals surface area (Å²) >= 11 is 1.23. The zero-order valence-electron chi connectivity index (χ0n) is 9.20. The number of rotatable bonds is 3. The van der Waals surface area contributed by atoms with Gasteiger partial charge in [-0.3, -0.25) is 0 Å². The number of nitrogens with zero attached hydrogens (tertiary/aromatic N) is 2. The number of hydrogen-bond acceptors (Lipinski definition) is 4. The second kappa shape index (κ2) is 5.34. The van der Waals surface area contributed by atoms with Crippen LogP contribution >= 0.6 is 11.8 Å². The molecule has 0 saturated heterocycles. The Balaban J connectivity index is 2.34. The molecule has 4 nitrogen and oxygen atoms in total. The van der Waals surface area contributed by atoms with Crippen molar-refractivity contribution in [2.45, 2.75) is 9.92 Å². The second-order valence-corrected chi connectivity index (χ2v) is 4.46. The molecule has 5 heteroatoms. The van der Waals surface area contributed by atoms with Crippen molar-refractivity contribution in [3.05, 3.63) is 53.7 Å². The minimum absolute atomic E-state index is 0.228. The van der Waals surface area contributed by atoms with Crippen molar-refractivity contribution in [2.24, 2.45) is 0 Å². The van der Waals surface area contributed by atoms with Gasteiger partial charge in [0, 0.05) is 11.1 Å². The van der Waals surface area contributed by atoms with E-state index in [0.717, 1.165) is 0 Å². The highest BCUT2D eigenvalue weighted by Gasteiger charge is 2.10. The quantitative estimate of drug-likeness (QED) is 0.914. The summed E-state index contributed by atoms with van der Waals surface area (Å²) in [5, 5.41) is 18.4. The van der Waals surface area contributed by atoms with Gasteiger partial charge in [0.25, 0.3) is 0 Å². The molecule has 18 heavy (non-hydrogen) atoms. The van der Waals surface area contributed by atoms with Gasteiger partial charge in [0.2, 0.25) is 0 Å². The van der Waals surface area contributed by atoms with Gasteiger partial charge in [-0.2, -0.15) is 5.26 Å². The third-order valence-corrected chi connectivity index (χ3v) is 3.20. The standard InChI is InChI=1S/C13H8N2O2S/c14-8-9-5-6-15-12(7-9)18-11-4-2-1-3-10(11)13(16)17/h1-7H,(H,16,17). The summed E-state index contributed by atoms with van der Waals surface area (Å²) in [7, 11) is 0. The first-order valence-corrected chi connectivity index (χ1v) is 5.88. The number of aromatic carboxylic acids is 1. The van der Waals surface area contributed by atoms with Crippen LogP contribution in [0.4, 0.5) is 0 Å². The van der Waals surface area contributed by atoms with E-state index in [-0.39, 0.29) is 5.56 Å². The molecule has 0 unspecified atom stereocenters. The second-order valence-electron chi connectivity index (χ2n) is 3.40. The van der Waals surface area contributed by atoms with E-state index in [2.05, 4.69) is 4.98 Å². The Labute approximate surface area is 108 Å². The Morgan fingerprint density at radius 1 is 1.33 bits per heavy atom. The molecule has 0 radical (unpaired) electrons. The first-order valence-electron chi connectivity index (χ1n) is 5.07. The van der Waals surface area contributed by atoms with Crippen LogP contribution in [-0.4, -0.2) is 16.1 Å². The number of hydrogen-bond donors (Lipinski definition) is 1. The largest absolute Gasteiger partial charge is 0.478 e. The monoisotopic (exact) mass is 256 g/mol. The van der Waals surface area contributed by atoms with Crippen LogP contribution in [0.3, 0.4) is 0 Å². The molecule has 0 amide bonds. The maximum absolute atomic E-state index is 11.0. The van der Waals surface area contributed by atoms with Crippen LogP contribution in [0, 0.1) is 11.3 Å². The molecule has 2 aromatic rings. The Morgan fingerprint density at radius 2 is 2.11 bits per heavy atom. The summed E-state index contributed by atoms with van der Waals surface area (Å²) in [6.07, 6.45) is 1.53. The van der Waals surface area contributed by atoms with Crippen LogP contribution in [0.15, 0.2) is 52.5 Å². The van der Waals surface area contributed by atoms with Crippen molar-refractivity contribution in [1.29, 1.82) is 5.26 Å². The van der Waals surface area contributed by atoms with E-state index in [1.807, 2.05) is 6.07 Å². The van der Waals surface area contributed by atoms with E-state index in [9.17, 15) is 4.79 Å². The Morgan fingerprint density at radius 3 is 2.83 bits per heavy atom. The number of carbonyl (C=O) groups is 1. The Bertz CT molecular complexity index is 635. The smallest absolute Gasteiger partial charge is 0.336 e. The molecule has 0 aliphatic carbocycles. The zero-order chi connectivity index (χ0) is 13.0. The third kappa shape index (κ3) is 2.67. The average Bonchev–Trinajstić information content (AvgIpc) is 2.39. The van der Waals surface area contributed by atoms with Gasteiger partial charge in [0.05, 0.1) is 17.2 Å². The molecule has 1 heterocycles. The van der Waals surface area contributed by atoms with Crippen LogP contribution in [-0.2, 0) is 0 Å². The maximum atomic E-state index is 11.0. The zero-order valence-corrected chi connectivity index (χ0v) is 10.0. The van der Waals surface area contributed by atoms with Gasteiger partial charge in [-0.15, -0.1) is 0 Å². The first kappa shape index (κ1) is 12.1. The normalized spacial score (nSPS) is 9.72. The number of pyridine rings is 1. The minimum Gasteiger partial charge on any atom is -0.478 e. The summed E-state index contributed by atoms with van der Waals surface area (Å²) < 4.78 is 0. The third-order valence-electron chi connectivity index (χ3n) is 2.20. The highest BCUT2D eigenvalue weighted by molar-refractivity contribution is 7.99. The number of carboxylic acid groups (broad SMARTS) is 1. The lowest BCUT2D eigenvalue weighted by molar-refractivity contribution is 0.0693. The van der Waals surface area contributed by atoms with Crippen molar-refractivity contribution in [1.82, 2.24) is 4.98 Å². The molecule has 1 aromatic heterocycles. The summed E-state index contributed by atoms with van der Waals surface area (Å²) in [6.45, 7) is 0. The molecule has 1 aromatic carbocycles. The van der Waals surface area contributed by atoms with Crippen molar-refractivity contribution in [2.75, 3.05) is 0 Å². The molecule has 1 N–H and O–H groups in total. The SMILES string of the molecule is N#Cc1ccnc(Sc2ccccc2C(=O)O)c1. The lowest BCUT2D eigenvalue weighted by Crippen LogP contribution is -1.98. The van der Waals surface area contributed by atoms with Crippen LogP contribution in [0.2, 0.25) is 0 Å². The topological polar surface area (TPSA) is 74.0 Å². The highest BCUT2D eigenvalue weighted by atomic mass is 32.2. The lowest BCUT2D eigenvalue weighted by Gasteiger charge is -2.04. The number of carboxylic acids is 1. The first-order chi connectivity index (χ1) is 8.70. The molecule has 0 spiro atoms. The van der Waals surface area contributed by atoms with E-state index in [4.69, 9.17) is 10.4 Å². The molecule has 0 atom stereocenters. The van der Waals surface area contributed by atoms with Gasteiger partial charge in [-0.05, 0) is 24.3 Å². The van der Waals surface area contributed by atoms with E-state index in [1.54, 1.807) is 36.4 Å². The van der Waals surface area contributed by atoms with Gasteiger partial charge >= 0.3 is 5.97 Å². The fourth-order valence-corrected chi connectivity index (χ4v) is 2.32. The molecular formula is C13H8N2O2S. The fourth-order valence-electron chi connectivity index (χ4n) is 1.38. The number of nitriles is 1. The Kier molecular flexibility index (Phi) is 3.60. The molecule has 0 aliphatic rings. The maximum Gasteiger partial charge on any atom is 0.336 e. The van der Waals surface area contributed by atoms with E-state index >= 15 is 0 Å². The summed E-state index contributed by atoms with van der Waals surface area (Å²) in [5.74, 6) is -0.977. The number of aromatic nitrogens is 1. The summed E-state index contributed by atoms with van der Waals surface area (Å²) in [6, 6.07) is 12.0. The molecule has 0 saturated carbocycles. The molecule has 0 fully saturated rings. The van der Waals surface area contributed by atoms with Crippen LogP contribution in [0.1, 0.15) is 15.9 Å². The number of benzene rings is 1. The molecule has 88 valence electrons. The lowest BCUT2D eigenvalue weighted by atomic mass is 10.2. The van der Waals surface area contributed by atoms with Crippen LogP contribution in [0.5, 0.6) is 0 Å². The predicted molar refractivity (Wildman–Crippen MR) is 66.5 cm³/mol. The molecule has 0 aliphatic heterocycles. The van der Waals surface area contributed by atoms with E-state index < -0.39 is 5.97 Å². The molecule has 0 bridgehead atoms. The van der Waals surface area contributed by atoms with Gasteiger partial charge in [0.1, 0.15) is 5.03 Å². The van der Waals surface area contributed by atoms with E-state index in [0.29, 0.717) is 15.5 Å². The highest BCUT2D eigenvalue weighted by Crippen LogP contribution is 2.29. The van der Waals surface area contributed by atoms with Crippen molar-refractivity contribution in [3.8, 4) is 6.07 Å². The summed E-state index contributed by atoms with van der Waals surface area (Å²) in [5.41, 5.74) is 0.729. The van der Waals surface area contributed by atoms with Crippen molar-refractivity contribution >= 4 is 17.7 Å². The van der Waals surface area contributed by atoms with Crippen LogP contribution in [0.25, 0.3) is 0 Å². The van der Waals surface area contributed by atoms with Crippen LogP contribution < -0.4 is 0 Å².